The third-order valence-corrected chi connectivity index (χ3v) is 3.53. The van der Waals surface area contributed by atoms with Crippen LogP contribution in [0.3, 0.4) is 0 Å². The fraction of sp³-hybridized carbons (Fsp3) is 0. The summed E-state index contributed by atoms with van der Waals surface area (Å²) in [5.41, 5.74) is 3.25. The van der Waals surface area contributed by atoms with Crippen molar-refractivity contribution in [3.05, 3.63) is 63.8 Å². The summed E-state index contributed by atoms with van der Waals surface area (Å²) in [6, 6.07) is 11.1. The lowest BCUT2D eigenvalue weighted by molar-refractivity contribution is 0.0929. The van der Waals surface area contributed by atoms with E-state index in [0.717, 1.165) is 5.39 Å². The van der Waals surface area contributed by atoms with Gasteiger partial charge in [0.25, 0.3) is 0 Å². The van der Waals surface area contributed by atoms with Gasteiger partial charge in [-0.2, -0.15) is 5.10 Å². The molecule has 1 heterocycles. The molecule has 116 valence electrons. The molecule has 0 spiro atoms. The van der Waals surface area contributed by atoms with Gasteiger partial charge in [0.2, 0.25) is 0 Å². The summed E-state index contributed by atoms with van der Waals surface area (Å²) in [7, 11) is 0. The maximum Gasteiger partial charge on any atom is 0.307 e. The van der Waals surface area contributed by atoms with Crippen molar-refractivity contribution in [1.82, 2.24) is 5.43 Å². The number of aromatic hydroxyl groups is 1. The second-order valence-corrected chi connectivity index (χ2v) is 5.57. The zero-order valence-corrected chi connectivity index (χ0v) is 13.1. The quantitative estimate of drug-likeness (QED) is 0.549. The van der Waals surface area contributed by atoms with Gasteiger partial charge >= 0.3 is 5.91 Å². The lowest BCUT2D eigenvalue weighted by Crippen LogP contribution is -2.16. The lowest BCUT2D eigenvalue weighted by Gasteiger charge is -1.99. The van der Waals surface area contributed by atoms with Gasteiger partial charge in [-0.1, -0.05) is 23.2 Å². The summed E-state index contributed by atoms with van der Waals surface area (Å²) in [6.07, 6.45) is 1.29. The van der Waals surface area contributed by atoms with Crippen LogP contribution in [0.4, 0.5) is 0 Å². The van der Waals surface area contributed by atoms with Gasteiger partial charge in [-0.25, -0.2) is 5.43 Å². The number of fused-ring (bicyclic) bond motifs is 1. The van der Waals surface area contributed by atoms with E-state index in [1.54, 1.807) is 30.3 Å². The monoisotopic (exact) mass is 348 g/mol. The Kier molecular flexibility index (Phi) is 4.23. The number of nitrogens with one attached hydrogen (secondary N) is 1. The second-order valence-electron chi connectivity index (χ2n) is 4.70. The molecule has 0 aliphatic rings. The van der Waals surface area contributed by atoms with E-state index in [1.165, 1.54) is 18.3 Å². The molecule has 0 atom stereocenters. The van der Waals surface area contributed by atoms with Crippen LogP contribution in [0.15, 0.2) is 52.0 Å². The summed E-state index contributed by atoms with van der Waals surface area (Å²) < 4.78 is 5.42. The zero-order valence-electron chi connectivity index (χ0n) is 11.6. The van der Waals surface area contributed by atoms with E-state index in [9.17, 15) is 9.90 Å². The largest absolute Gasteiger partial charge is 0.507 e. The second kappa shape index (κ2) is 6.32. The predicted octanol–water partition coefficient (Wildman–Crippen LogP) is 4.21. The molecular formula is C16H10Cl2N2O3. The van der Waals surface area contributed by atoms with Gasteiger partial charge in [0, 0.05) is 21.0 Å². The highest BCUT2D eigenvalue weighted by atomic mass is 35.5. The van der Waals surface area contributed by atoms with Crippen molar-refractivity contribution in [2.45, 2.75) is 0 Å². The van der Waals surface area contributed by atoms with Crippen LogP contribution in [-0.2, 0) is 0 Å². The van der Waals surface area contributed by atoms with Gasteiger partial charge in [0.05, 0.1) is 6.21 Å². The van der Waals surface area contributed by atoms with Crippen LogP contribution in [0, 0.1) is 0 Å². The molecule has 0 saturated heterocycles. The normalized spacial score (nSPS) is 11.2. The van der Waals surface area contributed by atoms with Crippen LogP contribution in [0.1, 0.15) is 16.1 Å². The topological polar surface area (TPSA) is 74.8 Å². The molecule has 3 aromatic rings. The molecule has 23 heavy (non-hydrogen) atoms. The molecule has 0 saturated carbocycles. The summed E-state index contributed by atoms with van der Waals surface area (Å²) in [4.78, 5) is 12.0. The van der Waals surface area contributed by atoms with Crippen molar-refractivity contribution in [3.8, 4) is 5.75 Å². The van der Waals surface area contributed by atoms with Crippen molar-refractivity contribution in [2.24, 2.45) is 5.10 Å². The number of amides is 1. The third kappa shape index (κ3) is 3.47. The van der Waals surface area contributed by atoms with Gasteiger partial charge in [0.15, 0.2) is 5.76 Å². The number of hydrogen-bond donors (Lipinski definition) is 2. The Morgan fingerprint density at radius 3 is 2.70 bits per heavy atom. The highest BCUT2D eigenvalue weighted by Gasteiger charge is 2.11. The Labute approximate surface area is 141 Å². The first kappa shape index (κ1) is 15.4. The molecule has 0 aliphatic heterocycles. The minimum absolute atomic E-state index is 0.00535. The summed E-state index contributed by atoms with van der Waals surface area (Å²) in [5, 5.41) is 15.1. The number of phenolic OH excluding ortho intramolecular Hbond substituents is 1. The maximum absolute atomic E-state index is 12.0. The molecule has 0 bridgehead atoms. The lowest BCUT2D eigenvalue weighted by atomic mass is 10.2. The highest BCUT2D eigenvalue weighted by Crippen LogP contribution is 2.23. The summed E-state index contributed by atoms with van der Waals surface area (Å²) in [5.74, 6) is -0.407. The first-order valence-electron chi connectivity index (χ1n) is 6.54. The number of carbonyl (C=O) groups is 1. The van der Waals surface area contributed by atoms with E-state index >= 15 is 0 Å². The van der Waals surface area contributed by atoms with E-state index in [1.807, 2.05) is 0 Å². The number of hydrazone groups is 1. The van der Waals surface area contributed by atoms with E-state index in [-0.39, 0.29) is 11.5 Å². The molecule has 3 rings (SSSR count). The van der Waals surface area contributed by atoms with Gasteiger partial charge in [-0.3, -0.25) is 4.79 Å². The fourth-order valence-electron chi connectivity index (χ4n) is 1.97. The molecular weight excluding hydrogens is 339 g/mol. The van der Waals surface area contributed by atoms with Crippen molar-refractivity contribution in [1.29, 1.82) is 0 Å². The van der Waals surface area contributed by atoms with Crippen LogP contribution in [0.5, 0.6) is 5.75 Å². The first-order valence-corrected chi connectivity index (χ1v) is 7.29. The summed E-state index contributed by atoms with van der Waals surface area (Å²) in [6.45, 7) is 0. The molecule has 0 unspecified atom stereocenters. The van der Waals surface area contributed by atoms with E-state index in [2.05, 4.69) is 10.5 Å². The average Bonchev–Trinajstić information content (AvgIpc) is 2.93. The summed E-state index contributed by atoms with van der Waals surface area (Å²) >= 11 is 11.7. The molecule has 2 N–H and O–H groups in total. The minimum Gasteiger partial charge on any atom is -0.507 e. The number of halogens is 2. The number of carbonyl (C=O) groups excluding carboxylic acids is 1. The Morgan fingerprint density at radius 2 is 1.87 bits per heavy atom. The van der Waals surface area contributed by atoms with E-state index in [4.69, 9.17) is 27.6 Å². The molecule has 1 amide bonds. The predicted molar refractivity (Wildman–Crippen MR) is 89.4 cm³/mol. The van der Waals surface area contributed by atoms with Gasteiger partial charge in [-0.05, 0) is 42.5 Å². The molecule has 2 aromatic carbocycles. The minimum atomic E-state index is -0.518. The third-order valence-electron chi connectivity index (χ3n) is 3.06. The standard InChI is InChI=1S/C16H10Cl2N2O3/c17-11-1-3-13(21)10(6-11)8-19-20-16(22)15-7-9-5-12(18)2-4-14(9)23-15/h1-8,21H,(H,20,22)/b19-8+. The van der Waals surface area contributed by atoms with E-state index in [0.29, 0.717) is 21.2 Å². The van der Waals surface area contributed by atoms with Crippen LogP contribution >= 0.6 is 23.2 Å². The molecule has 5 nitrogen and oxygen atoms in total. The number of benzene rings is 2. The van der Waals surface area contributed by atoms with Crippen molar-refractivity contribution in [3.63, 3.8) is 0 Å². The van der Waals surface area contributed by atoms with Crippen molar-refractivity contribution < 1.29 is 14.3 Å². The zero-order chi connectivity index (χ0) is 16.4. The van der Waals surface area contributed by atoms with Gasteiger partial charge < -0.3 is 9.52 Å². The van der Waals surface area contributed by atoms with Crippen LogP contribution in [0.2, 0.25) is 10.0 Å². The molecule has 0 aliphatic carbocycles. The fourth-order valence-corrected chi connectivity index (χ4v) is 2.33. The number of phenols is 1. The van der Waals surface area contributed by atoms with Crippen LogP contribution in [-0.4, -0.2) is 17.2 Å². The van der Waals surface area contributed by atoms with Crippen molar-refractivity contribution in [2.75, 3.05) is 0 Å². The molecule has 0 radical (unpaired) electrons. The van der Waals surface area contributed by atoms with Crippen LogP contribution < -0.4 is 5.43 Å². The molecule has 0 fully saturated rings. The average molecular weight is 349 g/mol. The van der Waals surface area contributed by atoms with Gasteiger partial charge in [0.1, 0.15) is 11.3 Å². The number of nitrogens with zero attached hydrogens (tertiary/aromatic N) is 1. The Hall–Kier alpha value is -2.50. The number of hydrogen-bond acceptors (Lipinski definition) is 4. The first-order chi connectivity index (χ1) is 11.0. The SMILES string of the molecule is O=C(N/N=C/c1cc(Cl)ccc1O)c1cc2cc(Cl)ccc2o1. The maximum atomic E-state index is 12.0. The number of furan rings is 1. The Morgan fingerprint density at radius 1 is 1.13 bits per heavy atom. The highest BCUT2D eigenvalue weighted by molar-refractivity contribution is 6.31. The van der Waals surface area contributed by atoms with Gasteiger partial charge in [-0.15, -0.1) is 0 Å². The Bertz CT molecular complexity index is 919. The molecule has 1 aromatic heterocycles. The number of rotatable bonds is 3. The smallest absolute Gasteiger partial charge is 0.307 e. The van der Waals surface area contributed by atoms with Crippen molar-refractivity contribution >= 4 is 46.3 Å². The van der Waals surface area contributed by atoms with E-state index < -0.39 is 5.91 Å². The molecule has 7 heteroatoms. The Balaban J connectivity index is 1.75. The van der Waals surface area contributed by atoms with Crippen LogP contribution in [0.25, 0.3) is 11.0 Å².